The van der Waals surface area contributed by atoms with Crippen LogP contribution in [-0.4, -0.2) is 35.3 Å². The Balaban J connectivity index is 2.11. The van der Waals surface area contributed by atoms with Crippen LogP contribution in [0.2, 0.25) is 0 Å². The zero-order chi connectivity index (χ0) is 15.2. The number of carbonyl (C=O) groups is 2. The van der Waals surface area contributed by atoms with Crippen molar-refractivity contribution < 1.29 is 9.59 Å². The number of hydrogen-bond acceptors (Lipinski definition) is 2. The van der Waals surface area contributed by atoms with Crippen molar-refractivity contribution in [2.45, 2.75) is 51.6 Å². The molecule has 1 fully saturated rings. The number of rotatable bonds is 6. The monoisotopic (exact) mass is 288 g/mol. The molecule has 4 heteroatoms. The summed E-state index contributed by atoms with van der Waals surface area (Å²) in [6.07, 6.45) is 3.43. The number of amides is 2. The Morgan fingerprint density at radius 3 is 2.57 bits per heavy atom. The molecule has 1 aromatic carbocycles. The first-order valence-electron chi connectivity index (χ1n) is 7.79. The van der Waals surface area contributed by atoms with Gasteiger partial charge in [0.25, 0.3) is 0 Å². The van der Waals surface area contributed by atoms with Crippen LogP contribution in [0.25, 0.3) is 0 Å². The predicted molar refractivity (Wildman–Crippen MR) is 82.8 cm³/mol. The maximum absolute atomic E-state index is 12.7. The van der Waals surface area contributed by atoms with Crippen LogP contribution in [0, 0.1) is 0 Å². The third-order valence-electron chi connectivity index (χ3n) is 4.05. The zero-order valence-corrected chi connectivity index (χ0v) is 12.8. The number of nitrogens with zero attached hydrogens (tertiary/aromatic N) is 1. The number of piperazine rings is 1. The van der Waals surface area contributed by atoms with E-state index in [0.29, 0.717) is 6.42 Å². The first-order chi connectivity index (χ1) is 10.2. The lowest BCUT2D eigenvalue weighted by atomic mass is 10.00. The lowest BCUT2D eigenvalue weighted by molar-refractivity contribution is -0.146. The summed E-state index contributed by atoms with van der Waals surface area (Å²) < 4.78 is 0. The molecule has 114 valence electrons. The van der Waals surface area contributed by atoms with Crippen molar-refractivity contribution in [3.8, 4) is 0 Å². The second kappa shape index (κ2) is 7.25. The van der Waals surface area contributed by atoms with Crippen LogP contribution in [-0.2, 0) is 16.0 Å². The van der Waals surface area contributed by atoms with Crippen LogP contribution in [0.1, 0.15) is 38.7 Å². The molecule has 1 N–H and O–H groups in total. The normalized spacial score (nSPS) is 20.3. The molecule has 0 aromatic heterocycles. The fraction of sp³-hybridized carbons (Fsp3) is 0.529. The Kier molecular flexibility index (Phi) is 5.37. The molecule has 0 spiro atoms. The standard InChI is InChI=1S/C17H24N2O2/c1-3-8-14(4-2)19-12-16(20)18-15(17(19)21)11-13-9-6-5-7-10-13/h5-7,9-10,14-15H,3-4,8,11-12H2,1-2H3,(H,18,20). The zero-order valence-electron chi connectivity index (χ0n) is 12.8. The van der Waals surface area contributed by atoms with Gasteiger partial charge < -0.3 is 10.2 Å². The van der Waals surface area contributed by atoms with E-state index in [4.69, 9.17) is 0 Å². The molecule has 1 aromatic rings. The molecule has 2 amide bonds. The van der Waals surface area contributed by atoms with Gasteiger partial charge in [0.05, 0.1) is 6.54 Å². The molecule has 0 bridgehead atoms. The molecule has 1 saturated heterocycles. The van der Waals surface area contributed by atoms with Gasteiger partial charge in [0.2, 0.25) is 11.8 Å². The van der Waals surface area contributed by atoms with E-state index < -0.39 is 6.04 Å². The largest absolute Gasteiger partial charge is 0.342 e. The summed E-state index contributed by atoms with van der Waals surface area (Å²) in [4.78, 5) is 26.4. The molecule has 0 radical (unpaired) electrons. The van der Waals surface area contributed by atoms with Crippen molar-refractivity contribution in [3.63, 3.8) is 0 Å². The van der Waals surface area contributed by atoms with E-state index in [1.54, 1.807) is 4.90 Å². The molecule has 2 unspecified atom stereocenters. The number of hydrogen-bond donors (Lipinski definition) is 1. The van der Waals surface area contributed by atoms with E-state index in [2.05, 4.69) is 19.2 Å². The summed E-state index contributed by atoms with van der Waals surface area (Å²) in [7, 11) is 0. The van der Waals surface area contributed by atoms with Crippen LogP contribution in [0.5, 0.6) is 0 Å². The van der Waals surface area contributed by atoms with Gasteiger partial charge in [0, 0.05) is 12.5 Å². The van der Waals surface area contributed by atoms with E-state index in [9.17, 15) is 9.59 Å². The quantitative estimate of drug-likeness (QED) is 0.872. The minimum absolute atomic E-state index is 0.0508. The summed E-state index contributed by atoms with van der Waals surface area (Å²) >= 11 is 0. The van der Waals surface area contributed by atoms with Gasteiger partial charge >= 0.3 is 0 Å². The number of nitrogens with one attached hydrogen (secondary N) is 1. The van der Waals surface area contributed by atoms with E-state index in [0.717, 1.165) is 24.8 Å². The third kappa shape index (κ3) is 3.84. The number of benzene rings is 1. The van der Waals surface area contributed by atoms with Crippen molar-refractivity contribution in [2.75, 3.05) is 6.54 Å². The Morgan fingerprint density at radius 1 is 1.24 bits per heavy atom. The van der Waals surface area contributed by atoms with E-state index in [1.807, 2.05) is 30.3 Å². The molecule has 2 atom stereocenters. The maximum atomic E-state index is 12.7. The van der Waals surface area contributed by atoms with Gasteiger partial charge in [-0.2, -0.15) is 0 Å². The average molecular weight is 288 g/mol. The summed E-state index contributed by atoms with van der Waals surface area (Å²) in [5.41, 5.74) is 1.07. The maximum Gasteiger partial charge on any atom is 0.246 e. The number of carbonyl (C=O) groups excluding carboxylic acids is 2. The van der Waals surface area contributed by atoms with Crippen LogP contribution >= 0.6 is 0 Å². The molecule has 21 heavy (non-hydrogen) atoms. The summed E-state index contributed by atoms with van der Waals surface area (Å²) in [5.74, 6) is 0.00355. The molecular formula is C17H24N2O2. The highest BCUT2D eigenvalue weighted by Crippen LogP contribution is 2.17. The molecule has 2 rings (SSSR count). The Morgan fingerprint density at radius 2 is 1.95 bits per heavy atom. The van der Waals surface area contributed by atoms with Gasteiger partial charge in [-0.15, -0.1) is 0 Å². The summed E-state index contributed by atoms with van der Waals surface area (Å²) in [6, 6.07) is 9.57. The molecule has 0 saturated carbocycles. The molecular weight excluding hydrogens is 264 g/mol. The highest BCUT2D eigenvalue weighted by Gasteiger charge is 2.35. The Bertz CT molecular complexity index is 487. The van der Waals surface area contributed by atoms with Crippen molar-refractivity contribution in [1.29, 1.82) is 0 Å². The van der Waals surface area contributed by atoms with Crippen LogP contribution < -0.4 is 5.32 Å². The third-order valence-corrected chi connectivity index (χ3v) is 4.05. The topological polar surface area (TPSA) is 49.4 Å². The summed E-state index contributed by atoms with van der Waals surface area (Å²) in [6.45, 7) is 4.38. The lowest BCUT2D eigenvalue weighted by Gasteiger charge is -2.37. The highest BCUT2D eigenvalue weighted by molar-refractivity contribution is 5.95. The predicted octanol–water partition coefficient (Wildman–Crippen LogP) is 2.13. The fourth-order valence-corrected chi connectivity index (χ4v) is 2.95. The van der Waals surface area contributed by atoms with Gasteiger partial charge in [0.1, 0.15) is 6.04 Å². The second-order valence-electron chi connectivity index (χ2n) is 5.63. The van der Waals surface area contributed by atoms with Gasteiger partial charge in [-0.1, -0.05) is 50.6 Å². The van der Waals surface area contributed by atoms with Gasteiger partial charge in [-0.25, -0.2) is 0 Å². The van der Waals surface area contributed by atoms with Crippen molar-refractivity contribution >= 4 is 11.8 Å². The molecule has 4 nitrogen and oxygen atoms in total. The van der Waals surface area contributed by atoms with Gasteiger partial charge in [-0.05, 0) is 18.4 Å². The first-order valence-corrected chi connectivity index (χ1v) is 7.79. The van der Waals surface area contributed by atoms with E-state index >= 15 is 0 Å². The van der Waals surface area contributed by atoms with E-state index in [-0.39, 0.29) is 24.4 Å². The van der Waals surface area contributed by atoms with Crippen LogP contribution in [0.15, 0.2) is 30.3 Å². The first kappa shape index (κ1) is 15.5. The van der Waals surface area contributed by atoms with E-state index in [1.165, 1.54) is 0 Å². The van der Waals surface area contributed by atoms with Gasteiger partial charge in [-0.3, -0.25) is 9.59 Å². The van der Waals surface area contributed by atoms with Crippen molar-refractivity contribution in [2.24, 2.45) is 0 Å². The lowest BCUT2D eigenvalue weighted by Crippen LogP contribution is -2.61. The second-order valence-corrected chi connectivity index (χ2v) is 5.63. The smallest absolute Gasteiger partial charge is 0.246 e. The van der Waals surface area contributed by atoms with Crippen LogP contribution in [0.3, 0.4) is 0 Å². The average Bonchev–Trinajstić information content (AvgIpc) is 2.49. The minimum Gasteiger partial charge on any atom is -0.342 e. The molecule has 1 aliphatic heterocycles. The Labute approximate surface area is 126 Å². The highest BCUT2D eigenvalue weighted by atomic mass is 16.2. The minimum atomic E-state index is -0.431. The Hall–Kier alpha value is -1.84. The van der Waals surface area contributed by atoms with Crippen LogP contribution in [0.4, 0.5) is 0 Å². The SMILES string of the molecule is CCCC(CC)N1CC(=O)NC(Cc2ccccc2)C1=O. The molecule has 0 aliphatic carbocycles. The molecule has 1 heterocycles. The van der Waals surface area contributed by atoms with Crippen molar-refractivity contribution in [1.82, 2.24) is 10.2 Å². The van der Waals surface area contributed by atoms with Crippen molar-refractivity contribution in [3.05, 3.63) is 35.9 Å². The summed E-state index contributed by atoms with van der Waals surface area (Å²) in [5, 5.41) is 2.84. The van der Waals surface area contributed by atoms with Gasteiger partial charge in [0.15, 0.2) is 0 Å². The fourth-order valence-electron chi connectivity index (χ4n) is 2.95. The molecule has 1 aliphatic rings.